The Morgan fingerprint density at radius 2 is 0.727 bits per heavy atom. The van der Waals surface area contributed by atoms with Crippen LogP contribution in [0.2, 0.25) is 0 Å². The van der Waals surface area contributed by atoms with Crippen molar-refractivity contribution in [2.45, 2.75) is 330 Å². The summed E-state index contributed by atoms with van der Waals surface area (Å²) in [5.74, 6) is 16.9. The summed E-state index contributed by atoms with van der Waals surface area (Å²) >= 11 is 0. The first-order valence-electron chi connectivity index (χ1n) is 34.9. The van der Waals surface area contributed by atoms with Gasteiger partial charge in [-0.15, -0.1) is 0 Å². The summed E-state index contributed by atoms with van der Waals surface area (Å²) in [5, 5.41) is 8.86. The van der Waals surface area contributed by atoms with Crippen LogP contribution in [0.1, 0.15) is 323 Å². The van der Waals surface area contributed by atoms with Crippen LogP contribution in [-0.2, 0) is 11.3 Å². The van der Waals surface area contributed by atoms with Crippen molar-refractivity contribution in [2.75, 3.05) is 6.61 Å². The zero-order valence-electron chi connectivity index (χ0n) is 56.1. The molecule has 0 spiro atoms. The van der Waals surface area contributed by atoms with Gasteiger partial charge in [0.2, 0.25) is 0 Å². The second kappa shape index (κ2) is 44.7. The third kappa shape index (κ3) is 35.0. The molecule has 2 nitrogen and oxygen atoms in total. The number of aliphatic hydroxyl groups is 1. The monoisotopic (exact) mass is 1080 g/mol. The van der Waals surface area contributed by atoms with E-state index in [1.54, 1.807) is 0 Å². The fourth-order valence-corrected chi connectivity index (χ4v) is 12.9. The van der Waals surface area contributed by atoms with E-state index in [-0.39, 0.29) is 0 Å². The summed E-state index contributed by atoms with van der Waals surface area (Å²) in [6.07, 6.45) is 41.8. The molecule has 0 saturated heterocycles. The fraction of sp³-hybridized carbons (Fsp3) is 0.920. The van der Waals surface area contributed by atoms with Crippen molar-refractivity contribution in [3.8, 4) is 0 Å². The smallest absolute Gasteiger partial charge is 0.0720 e. The van der Waals surface area contributed by atoms with Crippen molar-refractivity contribution < 1.29 is 9.84 Å². The second-order valence-corrected chi connectivity index (χ2v) is 29.1. The van der Waals surface area contributed by atoms with Crippen LogP contribution in [0.4, 0.5) is 0 Å². The molecule has 17 atom stereocenters. The van der Waals surface area contributed by atoms with Crippen molar-refractivity contribution in [1.29, 1.82) is 0 Å². The minimum atomic E-state index is 0.404. The maximum Gasteiger partial charge on any atom is 0.0720 e. The van der Waals surface area contributed by atoms with Crippen LogP contribution in [0, 0.1) is 107 Å². The van der Waals surface area contributed by atoms with Crippen LogP contribution in [0.3, 0.4) is 0 Å². The third-order valence-electron chi connectivity index (χ3n) is 22.5. The van der Waals surface area contributed by atoms with Crippen molar-refractivity contribution in [2.24, 2.45) is 107 Å². The molecule has 0 heterocycles. The fourth-order valence-electron chi connectivity index (χ4n) is 12.9. The Balaban J connectivity index is 0.000000440. The lowest BCUT2D eigenvalue weighted by atomic mass is 9.75. The first kappa shape index (κ1) is 74.2. The topological polar surface area (TPSA) is 29.5 Å². The Bertz CT molecular complexity index is 1320. The number of rotatable bonds is 7. The van der Waals surface area contributed by atoms with Crippen molar-refractivity contribution >= 4 is 0 Å². The highest BCUT2D eigenvalue weighted by Gasteiger charge is 2.26. The minimum absolute atomic E-state index is 0.404. The van der Waals surface area contributed by atoms with Gasteiger partial charge < -0.3 is 9.84 Å². The molecular weight excluding hydrogens is 933 g/mol. The summed E-state index contributed by atoms with van der Waals surface area (Å²) in [6.45, 7) is 45.6. The largest absolute Gasteiger partial charge is 0.396 e. The lowest BCUT2D eigenvalue weighted by Gasteiger charge is -2.31. The molecule has 2 heteroatoms. The molecule has 9 rings (SSSR count). The molecule has 0 aromatic heterocycles. The van der Waals surface area contributed by atoms with E-state index in [1.807, 2.05) is 6.07 Å². The molecule has 8 aliphatic carbocycles. The average molecular weight is 1080 g/mol. The molecule has 1 aromatic carbocycles. The van der Waals surface area contributed by atoms with Crippen LogP contribution in [0.25, 0.3) is 0 Å². The highest BCUT2D eigenvalue weighted by Crippen LogP contribution is 2.37. The van der Waals surface area contributed by atoms with E-state index in [9.17, 15) is 0 Å². The third-order valence-corrected chi connectivity index (χ3v) is 22.5. The van der Waals surface area contributed by atoms with E-state index < -0.39 is 0 Å². The van der Waals surface area contributed by atoms with Crippen molar-refractivity contribution in [3.63, 3.8) is 0 Å². The maximum absolute atomic E-state index is 8.86. The molecule has 0 amide bonds. The molecular formula is C75H144O2. The summed E-state index contributed by atoms with van der Waals surface area (Å²) in [4.78, 5) is 0. The zero-order valence-corrected chi connectivity index (χ0v) is 56.1. The highest BCUT2D eigenvalue weighted by atomic mass is 16.5. The van der Waals surface area contributed by atoms with Crippen LogP contribution >= 0.6 is 0 Å². The number of hydrogen-bond donors (Lipinski definition) is 1. The molecule has 0 radical (unpaired) electrons. The van der Waals surface area contributed by atoms with Crippen LogP contribution < -0.4 is 0 Å². The molecule has 456 valence electrons. The quantitative estimate of drug-likeness (QED) is 0.295. The van der Waals surface area contributed by atoms with Gasteiger partial charge in [0, 0.05) is 6.61 Å². The molecule has 8 aliphatic rings. The van der Waals surface area contributed by atoms with Gasteiger partial charge in [-0.2, -0.15) is 0 Å². The first-order chi connectivity index (χ1) is 36.7. The van der Waals surface area contributed by atoms with Crippen LogP contribution in [0.15, 0.2) is 30.3 Å². The van der Waals surface area contributed by atoms with Gasteiger partial charge in [0.25, 0.3) is 0 Å². The van der Waals surface area contributed by atoms with Crippen LogP contribution in [0.5, 0.6) is 0 Å². The second-order valence-electron chi connectivity index (χ2n) is 29.1. The Morgan fingerprint density at radius 1 is 0.390 bits per heavy atom. The van der Waals surface area contributed by atoms with E-state index in [4.69, 9.17) is 9.84 Å². The standard InChI is InChI=1S/C14H20O.C9H18.C8H16O.4C8H16.C7H16.C5H10/c1-12-7-5-6-10-14(12)15-11-13-8-3-2-4-9-13;1-7-5-4-6-8(2)9(7)3;1-7-4-2-3-5-8(7)6-9;1-6-4-5-7(2)8(6)3;3*1-7-5-3-4-6-8(7)2;1-5-7(4)6(2)3;1-2-5-3-4-5/h2-4,8-9,12,14H,5-7,10-11H2,1H3;7-9H,4-6H2,1-3H3;7-9H,2-6H2,1H3;6-8H,4-5H2,1-3H3;3*7-8H,3-6H2,1-2H3;6-7H,5H2,1-4H3;5H,2-4H2,1H3/t12?,14-;7-,8+,9?;7?,8-;6-,7?,8?;7-,8?;7-,8-;;;/m1.0101.../s1. The molecule has 9 unspecified atom stereocenters. The summed E-state index contributed by atoms with van der Waals surface area (Å²) in [6, 6.07) is 10.5. The summed E-state index contributed by atoms with van der Waals surface area (Å²) < 4.78 is 5.98. The number of ether oxygens (including phenoxy) is 1. The van der Waals surface area contributed by atoms with Gasteiger partial charge in [-0.05, 0) is 131 Å². The Labute approximate surface area is 487 Å². The van der Waals surface area contributed by atoms with E-state index in [1.165, 1.54) is 192 Å². The summed E-state index contributed by atoms with van der Waals surface area (Å²) in [7, 11) is 0. The maximum atomic E-state index is 8.86. The van der Waals surface area contributed by atoms with Gasteiger partial charge in [-0.3, -0.25) is 0 Å². The molecule has 77 heavy (non-hydrogen) atoms. The predicted octanol–water partition coefficient (Wildman–Crippen LogP) is 24.3. The molecule has 0 bridgehead atoms. The Kier molecular flexibility index (Phi) is 43.0. The lowest BCUT2D eigenvalue weighted by Crippen LogP contribution is -2.25. The molecule has 0 aliphatic heterocycles. The molecule has 1 N–H and O–H groups in total. The SMILES string of the molecule is CC1CCCCC1C.CC1CCCC[C@@H]1C.CC1CCCC[C@H]1CO.CC1CCCC[C@H]1OCc1ccccc1.CC1CC[C@@H](C)C1C.CC1[C@H](C)CCC[C@@H]1C.CCC(C)C(C)C.CCC1CC1.C[C@@H]1CCCC[C@H]1C. The lowest BCUT2D eigenvalue weighted by molar-refractivity contribution is -0.0154. The minimum Gasteiger partial charge on any atom is -0.396 e. The Hall–Kier alpha value is -0.860. The van der Waals surface area contributed by atoms with Crippen molar-refractivity contribution in [1.82, 2.24) is 0 Å². The van der Waals surface area contributed by atoms with Gasteiger partial charge in [0.05, 0.1) is 12.7 Å². The highest BCUT2D eigenvalue weighted by molar-refractivity contribution is 5.13. The number of aliphatic hydroxyl groups excluding tert-OH is 1. The van der Waals surface area contributed by atoms with Gasteiger partial charge in [0.1, 0.15) is 0 Å². The Morgan fingerprint density at radius 3 is 0.974 bits per heavy atom. The van der Waals surface area contributed by atoms with E-state index in [0.717, 1.165) is 107 Å². The number of benzene rings is 1. The van der Waals surface area contributed by atoms with Crippen molar-refractivity contribution in [3.05, 3.63) is 35.9 Å². The van der Waals surface area contributed by atoms with E-state index in [2.05, 4.69) is 156 Å². The number of hydrogen-bond acceptors (Lipinski definition) is 2. The van der Waals surface area contributed by atoms with Crippen LogP contribution in [-0.4, -0.2) is 17.8 Å². The molecule has 8 fully saturated rings. The van der Waals surface area contributed by atoms with Gasteiger partial charge in [-0.25, -0.2) is 0 Å². The van der Waals surface area contributed by atoms with Gasteiger partial charge in [-0.1, -0.05) is 329 Å². The summed E-state index contributed by atoms with van der Waals surface area (Å²) in [5.41, 5.74) is 1.29. The van der Waals surface area contributed by atoms with Gasteiger partial charge >= 0.3 is 0 Å². The van der Waals surface area contributed by atoms with E-state index in [0.29, 0.717) is 18.6 Å². The van der Waals surface area contributed by atoms with E-state index >= 15 is 0 Å². The molecule has 1 aromatic rings. The van der Waals surface area contributed by atoms with Gasteiger partial charge in [0.15, 0.2) is 0 Å². The zero-order chi connectivity index (χ0) is 57.7. The first-order valence-corrected chi connectivity index (χ1v) is 34.9. The average Bonchev–Trinajstić information content (AvgIpc) is 4.24. The molecule has 8 saturated carbocycles. The predicted molar refractivity (Wildman–Crippen MR) is 347 cm³/mol. The normalized spacial score (nSPS) is 34.9.